The van der Waals surface area contributed by atoms with Gasteiger partial charge in [0, 0.05) is 23.2 Å². The van der Waals surface area contributed by atoms with Gasteiger partial charge >= 0.3 is 0 Å². The van der Waals surface area contributed by atoms with Gasteiger partial charge in [0.25, 0.3) is 0 Å². The van der Waals surface area contributed by atoms with Crippen molar-refractivity contribution in [1.82, 2.24) is 14.6 Å². The normalized spacial score (nSPS) is 34.8. The number of ether oxygens (including phenoxy) is 1. The molecule has 5 aliphatic rings. The van der Waals surface area contributed by atoms with Crippen LogP contribution in [0.5, 0.6) is 5.75 Å². The molecular weight excluding hydrogens is 324 g/mol. The molecule has 0 amide bonds. The fourth-order valence-electron chi connectivity index (χ4n) is 6.60. The van der Waals surface area contributed by atoms with Gasteiger partial charge in [-0.25, -0.2) is 0 Å². The second-order valence-corrected chi connectivity index (χ2v) is 9.22. The first-order chi connectivity index (χ1) is 12.7. The Balaban J connectivity index is 1.34. The number of rotatable bonds is 4. The molecule has 5 aliphatic carbocycles. The predicted octanol–water partition coefficient (Wildman–Crippen LogP) is 4.08. The van der Waals surface area contributed by atoms with Crippen molar-refractivity contribution in [2.75, 3.05) is 12.3 Å². The number of aromatic nitrogens is 3. The molecule has 2 N–H and O–H groups in total. The Morgan fingerprint density at radius 2 is 2.04 bits per heavy atom. The van der Waals surface area contributed by atoms with E-state index in [9.17, 15) is 0 Å². The molecule has 0 aliphatic heterocycles. The van der Waals surface area contributed by atoms with Crippen LogP contribution in [0.3, 0.4) is 0 Å². The number of nitrogens with zero attached hydrogens (tertiary/aromatic N) is 3. The van der Waals surface area contributed by atoms with Crippen LogP contribution in [0.15, 0.2) is 18.3 Å². The standard InChI is InChI=1S/C21H26N4O/c22-20-24-23-19-7-18(17(11-25(19)20)14-3-1-2-4-14)26-12-21-8-13-5-15(9-21)16(6-13)10-21/h3,7,11,13,15-16H,1-2,4-6,8-10,12H2,(H2,22,24). The molecule has 2 unspecified atom stereocenters. The third-order valence-electron chi connectivity index (χ3n) is 7.50. The number of pyridine rings is 1. The summed E-state index contributed by atoms with van der Waals surface area (Å²) in [6.45, 7) is 0.858. The van der Waals surface area contributed by atoms with E-state index in [1.165, 1.54) is 49.7 Å². The van der Waals surface area contributed by atoms with Gasteiger partial charge in [0.05, 0.1) is 6.61 Å². The van der Waals surface area contributed by atoms with Crippen LogP contribution < -0.4 is 10.5 Å². The Hall–Kier alpha value is -2.04. The van der Waals surface area contributed by atoms with Crippen molar-refractivity contribution < 1.29 is 4.74 Å². The molecule has 2 heterocycles. The van der Waals surface area contributed by atoms with E-state index < -0.39 is 0 Å². The Kier molecular flexibility index (Phi) is 3.04. The molecule has 0 radical (unpaired) electrons. The average molecular weight is 350 g/mol. The van der Waals surface area contributed by atoms with Crippen molar-refractivity contribution >= 4 is 17.2 Å². The van der Waals surface area contributed by atoms with Crippen molar-refractivity contribution in [3.05, 3.63) is 23.9 Å². The number of fused-ring (bicyclic) bond motifs is 1. The van der Waals surface area contributed by atoms with Crippen LogP contribution >= 0.6 is 0 Å². The molecule has 5 heteroatoms. The van der Waals surface area contributed by atoms with Crippen LogP contribution in [0.4, 0.5) is 5.95 Å². The second-order valence-electron chi connectivity index (χ2n) is 9.22. The molecule has 5 nitrogen and oxygen atoms in total. The highest BCUT2D eigenvalue weighted by Gasteiger charge is 2.56. The van der Waals surface area contributed by atoms with Crippen LogP contribution in [-0.4, -0.2) is 21.2 Å². The molecule has 2 atom stereocenters. The summed E-state index contributed by atoms with van der Waals surface area (Å²) in [7, 11) is 0. The van der Waals surface area contributed by atoms with Gasteiger partial charge in [-0.15, -0.1) is 10.2 Å². The monoisotopic (exact) mass is 350 g/mol. The highest BCUT2D eigenvalue weighted by atomic mass is 16.5. The maximum Gasteiger partial charge on any atom is 0.226 e. The van der Waals surface area contributed by atoms with Crippen molar-refractivity contribution in [3.63, 3.8) is 0 Å². The number of allylic oxidation sites excluding steroid dienone is 2. The van der Waals surface area contributed by atoms with Crippen LogP contribution in [0.25, 0.3) is 11.2 Å². The Morgan fingerprint density at radius 1 is 1.19 bits per heavy atom. The topological polar surface area (TPSA) is 65.4 Å². The van der Waals surface area contributed by atoms with E-state index in [1.54, 1.807) is 0 Å². The molecule has 0 aromatic carbocycles. The van der Waals surface area contributed by atoms with Crippen molar-refractivity contribution in [3.8, 4) is 5.75 Å². The van der Waals surface area contributed by atoms with Gasteiger partial charge < -0.3 is 10.5 Å². The van der Waals surface area contributed by atoms with Gasteiger partial charge in [0.1, 0.15) is 5.75 Å². The summed E-state index contributed by atoms with van der Waals surface area (Å²) in [5.41, 5.74) is 9.73. The second kappa shape index (κ2) is 5.24. The molecule has 4 fully saturated rings. The minimum atomic E-state index is 0.427. The smallest absolute Gasteiger partial charge is 0.226 e. The minimum Gasteiger partial charge on any atom is -0.492 e. The summed E-state index contributed by atoms with van der Waals surface area (Å²) in [6, 6.07) is 2.03. The first-order valence-electron chi connectivity index (χ1n) is 10.2. The zero-order valence-electron chi connectivity index (χ0n) is 15.2. The fraction of sp³-hybridized carbons (Fsp3) is 0.619. The number of nitrogen functional groups attached to an aromatic ring is 1. The highest BCUT2D eigenvalue weighted by Crippen LogP contribution is 2.64. The summed E-state index contributed by atoms with van der Waals surface area (Å²) in [5.74, 6) is 4.33. The Morgan fingerprint density at radius 3 is 2.77 bits per heavy atom. The van der Waals surface area contributed by atoms with Crippen molar-refractivity contribution in [2.45, 2.75) is 51.4 Å². The van der Waals surface area contributed by atoms with E-state index >= 15 is 0 Å². The van der Waals surface area contributed by atoms with Crippen LogP contribution in [0.2, 0.25) is 0 Å². The largest absolute Gasteiger partial charge is 0.492 e. The summed E-state index contributed by atoms with van der Waals surface area (Å²) >= 11 is 0. The Labute approximate surface area is 153 Å². The van der Waals surface area contributed by atoms with Crippen LogP contribution in [0.1, 0.15) is 56.9 Å². The molecule has 4 bridgehead atoms. The summed E-state index contributed by atoms with van der Waals surface area (Å²) in [6.07, 6.45) is 15.0. The van der Waals surface area contributed by atoms with E-state index in [-0.39, 0.29) is 0 Å². The van der Waals surface area contributed by atoms with Crippen LogP contribution in [0, 0.1) is 23.2 Å². The molecule has 2 aromatic heterocycles. The van der Waals surface area contributed by atoms with Crippen molar-refractivity contribution in [2.24, 2.45) is 23.2 Å². The van der Waals surface area contributed by atoms with Gasteiger partial charge in [0.2, 0.25) is 5.95 Å². The summed E-state index contributed by atoms with van der Waals surface area (Å²) < 4.78 is 8.41. The third-order valence-corrected chi connectivity index (χ3v) is 7.50. The van der Waals surface area contributed by atoms with Gasteiger partial charge in [0.15, 0.2) is 5.65 Å². The number of hydrogen-bond acceptors (Lipinski definition) is 4. The lowest BCUT2D eigenvalue weighted by Crippen LogP contribution is -2.33. The van der Waals surface area contributed by atoms with Gasteiger partial charge in [-0.3, -0.25) is 4.40 Å². The number of nitrogens with two attached hydrogens (primary N) is 1. The third kappa shape index (κ3) is 2.15. The van der Waals surface area contributed by atoms with E-state index in [1.807, 2.05) is 10.5 Å². The molecule has 0 saturated heterocycles. The van der Waals surface area contributed by atoms with E-state index in [0.29, 0.717) is 11.4 Å². The first kappa shape index (κ1) is 15.1. The maximum absolute atomic E-state index is 6.53. The van der Waals surface area contributed by atoms with E-state index in [0.717, 1.165) is 48.6 Å². The molecule has 136 valence electrons. The zero-order valence-corrected chi connectivity index (χ0v) is 15.2. The minimum absolute atomic E-state index is 0.427. The number of anilines is 1. The fourth-order valence-corrected chi connectivity index (χ4v) is 6.60. The Bertz CT molecular complexity index is 895. The summed E-state index contributed by atoms with van der Waals surface area (Å²) in [4.78, 5) is 0. The van der Waals surface area contributed by atoms with E-state index in [4.69, 9.17) is 10.5 Å². The van der Waals surface area contributed by atoms with Crippen LogP contribution in [-0.2, 0) is 0 Å². The quantitative estimate of drug-likeness (QED) is 0.902. The lowest BCUT2D eigenvalue weighted by Gasteiger charge is -2.38. The average Bonchev–Trinajstić information content (AvgIpc) is 3.38. The van der Waals surface area contributed by atoms with Gasteiger partial charge in [-0.05, 0) is 74.7 Å². The van der Waals surface area contributed by atoms with Gasteiger partial charge in [-0.2, -0.15) is 0 Å². The predicted molar refractivity (Wildman–Crippen MR) is 101 cm³/mol. The first-order valence-corrected chi connectivity index (χ1v) is 10.2. The zero-order chi connectivity index (χ0) is 17.3. The van der Waals surface area contributed by atoms with E-state index in [2.05, 4.69) is 22.5 Å². The molecule has 4 saturated carbocycles. The molecule has 2 aromatic rings. The van der Waals surface area contributed by atoms with Crippen molar-refractivity contribution in [1.29, 1.82) is 0 Å². The summed E-state index contributed by atoms with van der Waals surface area (Å²) in [5, 5.41) is 8.22. The highest BCUT2D eigenvalue weighted by molar-refractivity contribution is 5.73. The molecule has 0 spiro atoms. The lowest BCUT2D eigenvalue weighted by molar-refractivity contribution is 0.0742. The number of hydrogen-bond donors (Lipinski definition) is 1. The SMILES string of the molecule is Nc1nnc2cc(OCC34CC5CC(C3)C(C5)C4)c(C3=CCCC3)cn12. The molecule has 7 rings (SSSR count). The molecular formula is C21H26N4O. The molecule has 26 heavy (non-hydrogen) atoms. The maximum atomic E-state index is 6.53. The van der Waals surface area contributed by atoms with Gasteiger partial charge in [-0.1, -0.05) is 6.08 Å². The lowest BCUT2D eigenvalue weighted by atomic mass is 9.70.